The minimum absolute atomic E-state index is 0.000143. The monoisotopic (exact) mass is 561 g/mol. The molecule has 7 nitrogen and oxygen atoms in total. The maximum Gasteiger partial charge on any atom is 0.407 e. The fourth-order valence-electron chi connectivity index (χ4n) is 8.59. The van der Waals surface area contributed by atoms with Crippen molar-refractivity contribution in [2.24, 2.45) is 29.4 Å². The molecule has 5 saturated carbocycles. The molecule has 0 spiro atoms. The Morgan fingerprint density at radius 1 is 0.902 bits per heavy atom. The summed E-state index contributed by atoms with van der Waals surface area (Å²) in [6.07, 6.45) is 10.4. The molecule has 8 heteroatoms. The van der Waals surface area contributed by atoms with Crippen molar-refractivity contribution in [2.45, 2.75) is 88.3 Å². The Labute approximate surface area is 240 Å². The van der Waals surface area contributed by atoms with E-state index in [1.54, 1.807) is 0 Å². The largest absolute Gasteiger partial charge is 0.445 e. The van der Waals surface area contributed by atoms with Crippen LogP contribution in [0.4, 0.5) is 9.18 Å². The Kier molecular flexibility index (Phi) is 7.75. The molecule has 5 fully saturated rings. The summed E-state index contributed by atoms with van der Waals surface area (Å²) in [4.78, 5) is 38.3. The fourth-order valence-corrected chi connectivity index (χ4v) is 8.59. The molecular formula is C33H40FN3O4. The first kappa shape index (κ1) is 27.7. The topological polar surface area (TPSA) is 111 Å². The lowest BCUT2D eigenvalue weighted by Gasteiger charge is -2.56. The van der Waals surface area contributed by atoms with Crippen molar-refractivity contribution in [1.82, 2.24) is 10.6 Å². The van der Waals surface area contributed by atoms with Gasteiger partial charge in [0.2, 0.25) is 11.8 Å². The summed E-state index contributed by atoms with van der Waals surface area (Å²) in [6, 6.07) is 12.4. The van der Waals surface area contributed by atoms with Gasteiger partial charge < -0.3 is 21.1 Å². The van der Waals surface area contributed by atoms with Gasteiger partial charge in [-0.25, -0.2) is 9.18 Å². The number of ether oxygens (including phenoxy) is 1. The molecule has 0 saturated heterocycles. The van der Waals surface area contributed by atoms with Gasteiger partial charge in [-0.05, 0) is 104 Å². The highest BCUT2D eigenvalue weighted by molar-refractivity contribution is 5.89. The molecule has 2 aromatic rings. The molecule has 4 N–H and O–H groups in total. The van der Waals surface area contributed by atoms with E-state index in [1.807, 2.05) is 24.3 Å². The van der Waals surface area contributed by atoms with Crippen molar-refractivity contribution in [2.75, 3.05) is 0 Å². The smallest absolute Gasteiger partial charge is 0.407 e. The van der Waals surface area contributed by atoms with Crippen LogP contribution in [0.25, 0.3) is 0 Å². The SMILES string of the molecule is NC(=O)[C@@H](NC(=O)[C@@H]1CCCC[C@H]1c1ccc(COC(=O)NC23CC4CC(CC(C4)C2)C3)cc1)c1ccc(F)cc1. The van der Waals surface area contributed by atoms with E-state index in [0.29, 0.717) is 12.0 Å². The third-order valence-electron chi connectivity index (χ3n) is 10.1. The van der Waals surface area contributed by atoms with Gasteiger partial charge >= 0.3 is 6.09 Å². The van der Waals surface area contributed by atoms with Crippen LogP contribution in [-0.2, 0) is 20.9 Å². The lowest BCUT2D eigenvalue weighted by Crippen LogP contribution is -2.59. The summed E-state index contributed by atoms with van der Waals surface area (Å²) in [5, 5.41) is 6.08. The van der Waals surface area contributed by atoms with Gasteiger partial charge in [0, 0.05) is 11.5 Å². The number of alkyl carbamates (subject to hydrolysis) is 1. The summed E-state index contributed by atoms with van der Waals surface area (Å²) in [5.41, 5.74) is 7.92. The third kappa shape index (κ3) is 6.11. The molecule has 4 bridgehead atoms. The summed E-state index contributed by atoms with van der Waals surface area (Å²) in [7, 11) is 0. The van der Waals surface area contributed by atoms with Crippen LogP contribution in [0.1, 0.15) is 92.9 Å². The van der Waals surface area contributed by atoms with Crippen LogP contribution < -0.4 is 16.4 Å². The molecule has 3 atom stereocenters. The van der Waals surface area contributed by atoms with Crippen molar-refractivity contribution in [3.63, 3.8) is 0 Å². The molecule has 3 amide bonds. The standard InChI is InChI=1S/C33H40FN3O4/c34-26-11-9-25(10-12-26)29(30(35)38)36-31(39)28-4-2-1-3-27(28)24-7-5-20(6-8-24)19-41-32(40)37-33-16-21-13-22(17-33)15-23(14-21)18-33/h5-12,21-23,27-29H,1-4,13-19H2,(H2,35,38)(H,36,39)(H,37,40)/t21?,22?,23?,27-,28+,29-,33?/m0/s1. The van der Waals surface area contributed by atoms with Gasteiger partial charge in [-0.1, -0.05) is 49.2 Å². The number of hydrogen-bond donors (Lipinski definition) is 3. The Hall–Kier alpha value is -3.42. The second-order valence-electron chi connectivity index (χ2n) is 13.0. The van der Waals surface area contributed by atoms with Crippen molar-refractivity contribution in [3.05, 3.63) is 71.0 Å². The lowest BCUT2D eigenvalue weighted by molar-refractivity contribution is -0.131. The van der Waals surface area contributed by atoms with Crippen LogP contribution in [-0.4, -0.2) is 23.4 Å². The van der Waals surface area contributed by atoms with Crippen LogP contribution in [0, 0.1) is 29.5 Å². The van der Waals surface area contributed by atoms with Gasteiger partial charge in [0.25, 0.3) is 0 Å². The molecule has 0 aliphatic heterocycles. The first-order chi connectivity index (χ1) is 19.8. The molecule has 7 rings (SSSR count). The van der Waals surface area contributed by atoms with Crippen molar-refractivity contribution in [1.29, 1.82) is 0 Å². The Bertz CT molecular complexity index is 1240. The number of hydrogen-bond acceptors (Lipinski definition) is 4. The number of nitrogens with one attached hydrogen (secondary N) is 2. The van der Waals surface area contributed by atoms with E-state index in [4.69, 9.17) is 10.5 Å². The van der Waals surface area contributed by atoms with Crippen LogP contribution in [0.15, 0.2) is 48.5 Å². The summed E-state index contributed by atoms with van der Waals surface area (Å²) < 4.78 is 19.0. The van der Waals surface area contributed by atoms with Gasteiger partial charge in [0.15, 0.2) is 0 Å². The second kappa shape index (κ2) is 11.5. The van der Waals surface area contributed by atoms with Gasteiger partial charge in [0.05, 0.1) is 0 Å². The van der Waals surface area contributed by atoms with Crippen LogP contribution in [0.2, 0.25) is 0 Å². The number of amides is 3. The number of carbonyl (C=O) groups is 3. The minimum atomic E-state index is -1.02. The molecule has 218 valence electrons. The summed E-state index contributed by atoms with van der Waals surface area (Å²) in [5.74, 6) is 0.621. The van der Waals surface area contributed by atoms with E-state index in [2.05, 4.69) is 10.6 Å². The molecule has 0 heterocycles. The Balaban J connectivity index is 1.06. The molecule has 41 heavy (non-hydrogen) atoms. The summed E-state index contributed by atoms with van der Waals surface area (Å²) in [6.45, 7) is 0.199. The number of primary amides is 1. The Morgan fingerprint density at radius 2 is 1.51 bits per heavy atom. The van der Waals surface area contributed by atoms with Gasteiger partial charge in [-0.2, -0.15) is 0 Å². The Morgan fingerprint density at radius 3 is 2.12 bits per heavy atom. The first-order valence-corrected chi connectivity index (χ1v) is 15.2. The number of benzene rings is 2. The van der Waals surface area contributed by atoms with Crippen LogP contribution in [0.3, 0.4) is 0 Å². The van der Waals surface area contributed by atoms with Gasteiger partial charge in [-0.15, -0.1) is 0 Å². The van der Waals surface area contributed by atoms with Gasteiger partial charge in [0.1, 0.15) is 18.5 Å². The maximum absolute atomic E-state index is 13.4. The highest BCUT2D eigenvalue weighted by atomic mass is 19.1. The van der Waals surface area contributed by atoms with Gasteiger partial charge in [-0.3, -0.25) is 9.59 Å². The van der Waals surface area contributed by atoms with Crippen molar-refractivity contribution >= 4 is 17.9 Å². The van der Waals surface area contributed by atoms with Crippen LogP contribution >= 0.6 is 0 Å². The second-order valence-corrected chi connectivity index (χ2v) is 13.0. The van der Waals surface area contributed by atoms with E-state index < -0.39 is 17.8 Å². The van der Waals surface area contributed by atoms with E-state index in [0.717, 1.165) is 67.4 Å². The average Bonchev–Trinajstić information content (AvgIpc) is 2.94. The predicted octanol–water partition coefficient (Wildman–Crippen LogP) is 5.64. The van der Waals surface area contributed by atoms with Crippen molar-refractivity contribution < 1.29 is 23.5 Å². The zero-order chi connectivity index (χ0) is 28.6. The van der Waals surface area contributed by atoms with Crippen molar-refractivity contribution in [3.8, 4) is 0 Å². The van der Waals surface area contributed by atoms with E-state index in [-0.39, 0.29) is 36.0 Å². The molecule has 2 aromatic carbocycles. The third-order valence-corrected chi connectivity index (χ3v) is 10.1. The normalized spacial score (nSPS) is 30.8. The highest BCUT2D eigenvalue weighted by Gasteiger charge is 2.51. The zero-order valence-electron chi connectivity index (χ0n) is 23.4. The number of nitrogens with two attached hydrogens (primary N) is 1. The maximum atomic E-state index is 13.4. The zero-order valence-corrected chi connectivity index (χ0v) is 23.4. The molecule has 5 aliphatic carbocycles. The van der Waals surface area contributed by atoms with Crippen LogP contribution in [0.5, 0.6) is 0 Å². The quantitative estimate of drug-likeness (QED) is 0.388. The van der Waals surface area contributed by atoms with E-state index >= 15 is 0 Å². The molecule has 0 aromatic heterocycles. The minimum Gasteiger partial charge on any atom is -0.445 e. The van der Waals surface area contributed by atoms with E-state index in [1.165, 1.54) is 43.5 Å². The molecule has 0 radical (unpaired) electrons. The van der Waals surface area contributed by atoms with E-state index in [9.17, 15) is 18.8 Å². The molecule has 0 unspecified atom stereocenters. The predicted molar refractivity (Wildman–Crippen MR) is 152 cm³/mol. The first-order valence-electron chi connectivity index (χ1n) is 15.2. The number of carbonyl (C=O) groups excluding carboxylic acids is 3. The summed E-state index contributed by atoms with van der Waals surface area (Å²) >= 11 is 0. The average molecular weight is 562 g/mol. The molecular weight excluding hydrogens is 521 g/mol. The number of halogens is 1. The lowest BCUT2D eigenvalue weighted by atomic mass is 9.53. The highest BCUT2D eigenvalue weighted by Crippen LogP contribution is 2.55. The molecule has 5 aliphatic rings. The fraction of sp³-hybridized carbons (Fsp3) is 0.545. The number of rotatable bonds is 8.